The Hall–Kier alpha value is -4.54. The van der Waals surface area contributed by atoms with Crippen LogP contribution in [-0.2, 0) is 17.1 Å². The van der Waals surface area contributed by atoms with Crippen molar-refractivity contribution in [3.63, 3.8) is 0 Å². The molecular formula is C42H49ClF6N6OS2. The van der Waals surface area contributed by atoms with E-state index in [1.54, 1.807) is 6.92 Å². The molecule has 58 heavy (non-hydrogen) atoms. The van der Waals surface area contributed by atoms with Gasteiger partial charge in [0.25, 0.3) is 0 Å². The highest BCUT2D eigenvalue weighted by Gasteiger charge is 2.52. The van der Waals surface area contributed by atoms with Gasteiger partial charge < -0.3 is 14.7 Å². The lowest BCUT2D eigenvalue weighted by atomic mass is 9.86. The molecule has 0 saturated carbocycles. The molecule has 0 radical (unpaired) electrons. The van der Waals surface area contributed by atoms with Crippen LogP contribution in [0.2, 0.25) is 0 Å². The van der Waals surface area contributed by atoms with E-state index in [2.05, 4.69) is 22.4 Å². The Balaban J connectivity index is 0.000000547. The zero-order valence-electron chi connectivity index (χ0n) is 30.4. The van der Waals surface area contributed by atoms with Crippen LogP contribution in [0, 0.1) is 22.7 Å². The van der Waals surface area contributed by atoms with Crippen molar-refractivity contribution in [2.45, 2.75) is 64.2 Å². The predicted octanol–water partition coefficient (Wildman–Crippen LogP) is 10.3. The molecule has 4 aromatic carbocycles. The van der Waals surface area contributed by atoms with Crippen LogP contribution in [0.15, 0.2) is 109 Å². The third kappa shape index (κ3) is 11.6. The van der Waals surface area contributed by atoms with Gasteiger partial charge in [0.15, 0.2) is 5.54 Å². The fourth-order valence-electron chi connectivity index (χ4n) is 6.75. The van der Waals surface area contributed by atoms with Crippen molar-refractivity contribution in [1.82, 2.24) is 10.2 Å². The van der Waals surface area contributed by atoms with Gasteiger partial charge in [0.05, 0.1) is 55.5 Å². The average molecular weight is 867 g/mol. The first-order valence-electron chi connectivity index (χ1n) is 17.0. The third-order valence-electron chi connectivity index (χ3n) is 9.67. The molecule has 2 saturated heterocycles. The van der Waals surface area contributed by atoms with E-state index in [0.29, 0.717) is 31.7 Å². The summed E-state index contributed by atoms with van der Waals surface area (Å²) in [5.41, 5.74) is -0.0295. The highest BCUT2D eigenvalue weighted by atomic mass is 35.5. The van der Waals surface area contributed by atoms with E-state index in [1.165, 1.54) is 29.2 Å². The van der Waals surface area contributed by atoms with Gasteiger partial charge in [0.2, 0.25) is 5.91 Å². The lowest BCUT2D eigenvalue weighted by Crippen LogP contribution is -2.71. The normalized spacial score (nSPS) is 15.8. The Morgan fingerprint density at radius 3 is 1.47 bits per heavy atom. The van der Waals surface area contributed by atoms with Crippen molar-refractivity contribution in [3.05, 3.63) is 131 Å². The third-order valence-corrected chi connectivity index (χ3v) is 9.90. The van der Waals surface area contributed by atoms with E-state index in [4.69, 9.17) is 11.6 Å². The average Bonchev–Trinajstić information content (AvgIpc) is 3.14. The van der Waals surface area contributed by atoms with Crippen LogP contribution in [0.25, 0.3) is 0 Å². The topological polar surface area (TPSA) is 86.4 Å². The fourth-order valence-corrected chi connectivity index (χ4v) is 6.88. The molecule has 2 atom stereocenters. The summed E-state index contributed by atoms with van der Waals surface area (Å²) in [6, 6.07) is 32.7. The zero-order chi connectivity index (χ0) is 39.3. The SMILES string of the molecule is C.C.C[C@@H](c1ccc(C(F)(F)F)cc1)N(C(=O)CCl)C1(C#N)CN(c2ccccc2)C1.C[C@H](NC1(C#N)CN(c2ccccc2)C1)c1ccc(C(F)(F)F)cc1.S.S. The smallest absolute Gasteiger partial charge is 0.366 e. The Morgan fingerprint density at radius 1 is 0.707 bits per heavy atom. The molecular weight excluding hydrogens is 818 g/mol. The van der Waals surface area contributed by atoms with E-state index in [1.807, 2.05) is 72.5 Å². The molecule has 0 unspecified atom stereocenters. The van der Waals surface area contributed by atoms with E-state index in [-0.39, 0.29) is 53.8 Å². The van der Waals surface area contributed by atoms with Gasteiger partial charge in [0, 0.05) is 17.4 Å². The molecule has 1 N–H and O–H groups in total. The van der Waals surface area contributed by atoms with Crippen molar-refractivity contribution in [2.75, 3.05) is 41.9 Å². The maximum atomic E-state index is 12.8. The Kier molecular flexibility index (Phi) is 18.6. The number of alkyl halides is 7. The second-order valence-corrected chi connectivity index (χ2v) is 13.7. The standard InChI is InChI=1S/C21H19ClF3N3O.C19H18F3N3.2CH4.2H2S/c1-15(16-7-9-17(10-8-16)21(23,24)25)28(19(29)11-22)20(12-26)13-27(14-20)18-5-3-2-4-6-18;1-14(15-7-9-16(10-8-15)19(20,21)22)24-18(11-23)12-25(13-18)17-5-3-2-4-6-17;;;;/h2-10,15H,11,13-14H2,1H3;2-10,14,24H,12-13H2,1H3;2*1H4;2*1H2/t15-;14-;;;;/m00..../s1. The molecule has 0 spiro atoms. The van der Waals surface area contributed by atoms with Gasteiger partial charge in [-0.1, -0.05) is 75.5 Å². The van der Waals surface area contributed by atoms with Gasteiger partial charge >= 0.3 is 12.4 Å². The van der Waals surface area contributed by atoms with Crippen molar-refractivity contribution >= 4 is 55.9 Å². The summed E-state index contributed by atoms with van der Waals surface area (Å²) < 4.78 is 76.5. The summed E-state index contributed by atoms with van der Waals surface area (Å²) in [5.74, 6) is -0.756. The molecule has 0 aliphatic carbocycles. The molecule has 314 valence electrons. The molecule has 2 fully saturated rings. The molecule has 4 aromatic rings. The molecule has 6 rings (SSSR count). The van der Waals surface area contributed by atoms with Crippen LogP contribution < -0.4 is 15.1 Å². The number of nitrogens with one attached hydrogen (secondary N) is 1. The molecule has 7 nitrogen and oxygen atoms in total. The molecule has 1 amide bonds. The lowest BCUT2D eigenvalue weighted by Gasteiger charge is -2.54. The van der Waals surface area contributed by atoms with Gasteiger partial charge in [-0.15, -0.1) is 11.6 Å². The van der Waals surface area contributed by atoms with E-state index >= 15 is 0 Å². The summed E-state index contributed by atoms with van der Waals surface area (Å²) in [4.78, 5) is 18.1. The highest BCUT2D eigenvalue weighted by Crippen LogP contribution is 2.39. The van der Waals surface area contributed by atoms with Gasteiger partial charge in [-0.3, -0.25) is 10.1 Å². The number of anilines is 2. The summed E-state index contributed by atoms with van der Waals surface area (Å²) in [6.07, 6.45) is -8.78. The minimum atomic E-state index is -4.44. The van der Waals surface area contributed by atoms with E-state index in [0.717, 1.165) is 41.2 Å². The Labute approximate surface area is 356 Å². The lowest BCUT2D eigenvalue weighted by molar-refractivity contribution is -0.138. The molecule has 0 bridgehead atoms. The number of nitrogens with zero attached hydrogens (tertiary/aromatic N) is 5. The van der Waals surface area contributed by atoms with Gasteiger partial charge in [-0.05, 0) is 73.5 Å². The number of benzene rings is 4. The van der Waals surface area contributed by atoms with E-state index in [9.17, 15) is 41.7 Å². The van der Waals surface area contributed by atoms with Crippen molar-refractivity contribution < 1.29 is 31.1 Å². The van der Waals surface area contributed by atoms with Crippen LogP contribution in [0.4, 0.5) is 37.7 Å². The first-order valence-corrected chi connectivity index (χ1v) is 17.5. The number of rotatable bonds is 9. The number of carbonyl (C=O) groups excluding carboxylic acids is 1. The first-order chi connectivity index (χ1) is 25.5. The van der Waals surface area contributed by atoms with Crippen LogP contribution >= 0.6 is 38.6 Å². The van der Waals surface area contributed by atoms with Gasteiger partial charge in [-0.2, -0.15) is 63.9 Å². The van der Waals surface area contributed by atoms with Crippen LogP contribution in [0.1, 0.15) is 63.0 Å². The Bertz CT molecular complexity index is 1960. The largest absolute Gasteiger partial charge is 0.416 e. The summed E-state index contributed by atoms with van der Waals surface area (Å²) in [5, 5.41) is 22.7. The minimum absolute atomic E-state index is 0. The number of carbonyl (C=O) groups is 1. The van der Waals surface area contributed by atoms with Crippen LogP contribution in [0.3, 0.4) is 0 Å². The molecule has 16 heteroatoms. The summed E-state index contributed by atoms with van der Waals surface area (Å²) in [6.45, 7) is 5.21. The summed E-state index contributed by atoms with van der Waals surface area (Å²) >= 11 is 5.80. The van der Waals surface area contributed by atoms with Crippen molar-refractivity contribution in [2.24, 2.45) is 0 Å². The fraction of sp³-hybridized carbons (Fsp3) is 0.357. The molecule has 2 heterocycles. The van der Waals surface area contributed by atoms with Gasteiger partial charge in [-0.25, -0.2) is 0 Å². The zero-order valence-corrected chi connectivity index (χ0v) is 33.1. The number of halogens is 7. The van der Waals surface area contributed by atoms with Crippen molar-refractivity contribution in [3.8, 4) is 12.1 Å². The second kappa shape index (κ2) is 20.9. The molecule has 2 aliphatic rings. The highest BCUT2D eigenvalue weighted by molar-refractivity contribution is 7.59. The number of para-hydroxylation sites is 2. The maximum Gasteiger partial charge on any atom is 0.416 e. The van der Waals surface area contributed by atoms with Gasteiger partial charge in [0.1, 0.15) is 11.4 Å². The molecule has 2 aliphatic heterocycles. The van der Waals surface area contributed by atoms with Crippen molar-refractivity contribution in [1.29, 1.82) is 10.5 Å². The first kappa shape index (κ1) is 51.5. The number of nitriles is 2. The monoisotopic (exact) mass is 866 g/mol. The minimum Gasteiger partial charge on any atom is -0.366 e. The number of hydrogen-bond acceptors (Lipinski definition) is 6. The number of hydrogen-bond donors (Lipinski definition) is 1. The van der Waals surface area contributed by atoms with Crippen LogP contribution in [0.5, 0.6) is 0 Å². The maximum absolute atomic E-state index is 12.8. The predicted molar refractivity (Wildman–Crippen MR) is 229 cm³/mol. The van der Waals surface area contributed by atoms with Crippen LogP contribution in [-0.4, -0.2) is 53.9 Å². The molecule has 0 aromatic heterocycles. The second-order valence-electron chi connectivity index (χ2n) is 13.4. The quantitative estimate of drug-likeness (QED) is 0.133. The number of amides is 1. The van der Waals surface area contributed by atoms with E-state index < -0.39 is 46.5 Å². The Morgan fingerprint density at radius 2 is 1.10 bits per heavy atom. The summed E-state index contributed by atoms with van der Waals surface area (Å²) in [7, 11) is 0.